The Bertz CT molecular complexity index is 334. The molecule has 0 amide bonds. The highest BCUT2D eigenvalue weighted by molar-refractivity contribution is 5.67. The van der Waals surface area contributed by atoms with E-state index in [4.69, 9.17) is 5.73 Å². The van der Waals surface area contributed by atoms with Crippen LogP contribution in [0.2, 0.25) is 0 Å². The Morgan fingerprint density at radius 3 is 2.54 bits per heavy atom. The second-order valence-electron chi connectivity index (χ2n) is 3.29. The molecule has 0 fully saturated rings. The summed E-state index contributed by atoms with van der Waals surface area (Å²) in [5.74, 6) is 0. The van der Waals surface area contributed by atoms with E-state index in [1.165, 1.54) is 16.8 Å². The van der Waals surface area contributed by atoms with Crippen molar-refractivity contribution in [3.63, 3.8) is 0 Å². The molecule has 1 aromatic rings. The molecule has 0 aliphatic heterocycles. The number of hydrogen-bond acceptors (Lipinski definition) is 2. The lowest BCUT2D eigenvalue weighted by Crippen LogP contribution is -1.96. The van der Waals surface area contributed by atoms with Crippen LogP contribution in [0.4, 0.5) is 0 Å². The normalized spacial score (nSPS) is 12.2. The number of nitrogens with zero attached hydrogens (tertiary/aromatic N) is 2. The number of aryl methyl sites for hydroxylation is 2. The van der Waals surface area contributed by atoms with E-state index in [9.17, 15) is 0 Å². The molecule has 3 heteroatoms. The summed E-state index contributed by atoms with van der Waals surface area (Å²) in [7, 11) is 1.96. The Morgan fingerprint density at radius 2 is 2.15 bits per heavy atom. The monoisotopic (exact) mass is 179 g/mol. The van der Waals surface area contributed by atoms with Gasteiger partial charge in [0.2, 0.25) is 0 Å². The maximum absolute atomic E-state index is 5.47. The van der Waals surface area contributed by atoms with E-state index in [1.54, 1.807) is 0 Å². The van der Waals surface area contributed by atoms with E-state index in [2.05, 4.69) is 18.9 Å². The highest BCUT2D eigenvalue weighted by atomic mass is 15.3. The molecule has 0 aliphatic carbocycles. The van der Waals surface area contributed by atoms with Crippen LogP contribution in [0, 0.1) is 13.8 Å². The van der Waals surface area contributed by atoms with Crippen LogP contribution in [0.15, 0.2) is 6.08 Å². The van der Waals surface area contributed by atoms with Gasteiger partial charge >= 0.3 is 0 Å². The zero-order valence-electron chi connectivity index (χ0n) is 8.76. The van der Waals surface area contributed by atoms with E-state index in [1.807, 2.05) is 24.7 Å². The van der Waals surface area contributed by atoms with Crippen molar-refractivity contribution in [2.24, 2.45) is 12.8 Å². The molecule has 2 N–H and O–H groups in total. The predicted octanol–water partition coefficient (Wildman–Crippen LogP) is 1.40. The van der Waals surface area contributed by atoms with Gasteiger partial charge in [-0.05, 0) is 26.3 Å². The summed E-state index contributed by atoms with van der Waals surface area (Å²) in [5.41, 5.74) is 10.2. The molecule has 0 radical (unpaired) electrons. The third-order valence-electron chi connectivity index (χ3n) is 2.33. The van der Waals surface area contributed by atoms with Gasteiger partial charge in [0.05, 0.1) is 5.69 Å². The Morgan fingerprint density at radius 1 is 1.54 bits per heavy atom. The number of rotatable bonds is 2. The van der Waals surface area contributed by atoms with Crippen molar-refractivity contribution in [1.29, 1.82) is 0 Å². The summed E-state index contributed by atoms with van der Waals surface area (Å²) in [5, 5.41) is 4.35. The van der Waals surface area contributed by atoms with Crippen LogP contribution in [-0.2, 0) is 7.05 Å². The molecule has 1 rings (SSSR count). The first-order valence-corrected chi connectivity index (χ1v) is 4.45. The summed E-state index contributed by atoms with van der Waals surface area (Å²) in [6.07, 6.45) is 2.02. The number of hydrogen-bond donors (Lipinski definition) is 1. The number of nitrogens with two attached hydrogens (primary N) is 1. The summed E-state index contributed by atoms with van der Waals surface area (Å²) in [4.78, 5) is 0. The zero-order chi connectivity index (χ0) is 10.0. The van der Waals surface area contributed by atoms with E-state index in [0.717, 1.165) is 5.69 Å². The molecular weight excluding hydrogens is 162 g/mol. The quantitative estimate of drug-likeness (QED) is 0.745. The molecule has 0 saturated heterocycles. The maximum atomic E-state index is 5.47. The van der Waals surface area contributed by atoms with Gasteiger partial charge in [-0.2, -0.15) is 5.10 Å². The highest BCUT2D eigenvalue weighted by Crippen LogP contribution is 2.20. The lowest BCUT2D eigenvalue weighted by Gasteiger charge is -2.01. The summed E-state index contributed by atoms with van der Waals surface area (Å²) in [6.45, 7) is 6.75. The van der Waals surface area contributed by atoms with Gasteiger partial charge in [-0.1, -0.05) is 6.08 Å². The van der Waals surface area contributed by atoms with Gasteiger partial charge in [-0.3, -0.25) is 4.68 Å². The standard InChI is InChI=1S/C10H17N3/c1-7(5-6-11)10-8(2)12-13(4)9(10)3/h5H,6,11H2,1-4H3. The first kappa shape index (κ1) is 9.99. The minimum Gasteiger partial charge on any atom is -0.327 e. The largest absolute Gasteiger partial charge is 0.327 e. The average Bonchev–Trinajstić information content (AvgIpc) is 2.27. The fraction of sp³-hybridized carbons (Fsp3) is 0.500. The fourth-order valence-corrected chi connectivity index (χ4v) is 1.62. The van der Waals surface area contributed by atoms with E-state index < -0.39 is 0 Å². The van der Waals surface area contributed by atoms with Crippen LogP contribution in [0.1, 0.15) is 23.9 Å². The molecule has 1 aromatic heterocycles. The Balaban J connectivity index is 3.21. The Labute approximate surface area is 79.2 Å². The third-order valence-corrected chi connectivity index (χ3v) is 2.33. The van der Waals surface area contributed by atoms with Crippen molar-refractivity contribution in [3.05, 3.63) is 23.0 Å². The van der Waals surface area contributed by atoms with Crippen molar-refractivity contribution in [3.8, 4) is 0 Å². The molecule has 0 atom stereocenters. The number of allylic oxidation sites excluding steroid dienone is 1. The summed E-state index contributed by atoms with van der Waals surface area (Å²) >= 11 is 0. The van der Waals surface area contributed by atoms with Crippen LogP contribution in [-0.4, -0.2) is 16.3 Å². The Kier molecular flexibility index (Phi) is 2.88. The van der Waals surface area contributed by atoms with Gasteiger partial charge in [0.1, 0.15) is 0 Å². The van der Waals surface area contributed by atoms with Gasteiger partial charge in [0.15, 0.2) is 0 Å². The maximum Gasteiger partial charge on any atom is 0.0671 e. The van der Waals surface area contributed by atoms with E-state index in [0.29, 0.717) is 6.54 Å². The summed E-state index contributed by atoms with van der Waals surface area (Å²) < 4.78 is 1.90. The zero-order valence-corrected chi connectivity index (χ0v) is 8.76. The van der Waals surface area contributed by atoms with Crippen LogP contribution in [0.3, 0.4) is 0 Å². The fourth-order valence-electron chi connectivity index (χ4n) is 1.62. The minimum absolute atomic E-state index is 0.583. The molecule has 0 unspecified atom stereocenters. The molecule has 72 valence electrons. The first-order chi connectivity index (χ1) is 6.07. The first-order valence-electron chi connectivity index (χ1n) is 4.45. The van der Waals surface area contributed by atoms with Crippen molar-refractivity contribution in [1.82, 2.24) is 9.78 Å². The predicted molar refractivity (Wildman–Crippen MR) is 55.4 cm³/mol. The lowest BCUT2D eigenvalue weighted by atomic mass is 10.1. The Hall–Kier alpha value is -1.09. The van der Waals surface area contributed by atoms with E-state index in [-0.39, 0.29) is 0 Å². The SMILES string of the molecule is CC(=CCN)c1c(C)nn(C)c1C. The molecule has 0 bridgehead atoms. The van der Waals surface area contributed by atoms with Crippen molar-refractivity contribution >= 4 is 5.57 Å². The second-order valence-corrected chi connectivity index (χ2v) is 3.29. The van der Waals surface area contributed by atoms with Gasteiger partial charge in [-0.25, -0.2) is 0 Å². The van der Waals surface area contributed by atoms with Crippen LogP contribution in [0.25, 0.3) is 5.57 Å². The molecule has 0 saturated carbocycles. The smallest absolute Gasteiger partial charge is 0.0671 e. The second kappa shape index (κ2) is 3.75. The van der Waals surface area contributed by atoms with Crippen molar-refractivity contribution in [2.75, 3.05) is 6.54 Å². The van der Waals surface area contributed by atoms with Crippen LogP contribution >= 0.6 is 0 Å². The lowest BCUT2D eigenvalue weighted by molar-refractivity contribution is 0.731. The molecule has 1 heterocycles. The van der Waals surface area contributed by atoms with Crippen LogP contribution in [0.5, 0.6) is 0 Å². The van der Waals surface area contributed by atoms with Gasteiger partial charge in [-0.15, -0.1) is 0 Å². The van der Waals surface area contributed by atoms with Gasteiger partial charge < -0.3 is 5.73 Å². The molecule has 3 nitrogen and oxygen atoms in total. The molecule has 0 spiro atoms. The summed E-state index contributed by atoms with van der Waals surface area (Å²) in [6, 6.07) is 0. The van der Waals surface area contributed by atoms with Gasteiger partial charge in [0, 0.05) is 24.8 Å². The molecule has 13 heavy (non-hydrogen) atoms. The van der Waals surface area contributed by atoms with Gasteiger partial charge in [0.25, 0.3) is 0 Å². The molecular formula is C10H17N3. The average molecular weight is 179 g/mol. The molecule has 0 aliphatic rings. The minimum atomic E-state index is 0.583. The van der Waals surface area contributed by atoms with Crippen molar-refractivity contribution in [2.45, 2.75) is 20.8 Å². The van der Waals surface area contributed by atoms with Crippen LogP contribution < -0.4 is 5.73 Å². The number of aromatic nitrogens is 2. The highest BCUT2D eigenvalue weighted by Gasteiger charge is 2.09. The third kappa shape index (κ3) is 1.80. The topological polar surface area (TPSA) is 43.8 Å². The molecule has 0 aromatic carbocycles. The van der Waals surface area contributed by atoms with Crippen molar-refractivity contribution < 1.29 is 0 Å². The van der Waals surface area contributed by atoms with E-state index >= 15 is 0 Å².